The Morgan fingerprint density at radius 3 is 1.14 bits per heavy atom. The smallest absolute Gasteiger partial charge is 0.221 e. The summed E-state index contributed by atoms with van der Waals surface area (Å²) in [5.41, 5.74) is 0. The van der Waals surface area contributed by atoms with Crippen LogP contribution in [0.1, 0.15) is 0 Å². The van der Waals surface area contributed by atoms with Gasteiger partial charge in [0.1, 0.15) is 0 Å². The van der Waals surface area contributed by atoms with Gasteiger partial charge in [0.2, 0.25) is 29.5 Å². The van der Waals surface area contributed by atoms with Gasteiger partial charge in [-0.1, -0.05) is 48.0 Å². The summed E-state index contributed by atoms with van der Waals surface area (Å²) in [5.74, 6) is 0. The molecule has 3 aromatic carbocycles. The summed E-state index contributed by atoms with van der Waals surface area (Å²) in [6.45, 7) is 0. The van der Waals surface area contributed by atoms with Crippen molar-refractivity contribution in [2.24, 2.45) is 0 Å². The fourth-order valence-electron chi connectivity index (χ4n) is 2.68. The Morgan fingerprint density at radius 1 is 0.483 bits per heavy atom. The first-order valence-corrected chi connectivity index (χ1v) is 13.2. The lowest BCUT2D eigenvalue weighted by molar-refractivity contribution is 0.573. The lowest BCUT2D eigenvalue weighted by atomic mass is 10.4. The summed E-state index contributed by atoms with van der Waals surface area (Å²) in [5, 5.41) is 0.220. The van der Waals surface area contributed by atoms with E-state index in [-0.39, 0.29) is 5.02 Å². The van der Waals surface area contributed by atoms with E-state index in [0.717, 1.165) is 36.4 Å². The number of hydrogen-bond acceptors (Lipinski definition) is 6. The van der Waals surface area contributed by atoms with Gasteiger partial charge in [-0.25, -0.2) is 25.3 Å². The average molecular weight is 471 g/mol. The zero-order chi connectivity index (χ0) is 21.3. The van der Waals surface area contributed by atoms with Crippen LogP contribution in [0, 0.1) is 0 Å². The summed E-state index contributed by atoms with van der Waals surface area (Å²) >= 11 is 5.78. The van der Waals surface area contributed by atoms with Crippen molar-refractivity contribution in [3.8, 4) is 0 Å². The summed E-state index contributed by atoms with van der Waals surface area (Å²) in [7, 11) is -14.5. The van der Waals surface area contributed by atoms with E-state index in [1.807, 2.05) is 0 Å². The summed E-state index contributed by atoms with van der Waals surface area (Å²) in [4.78, 5) is -1.30. The molecule has 0 bridgehead atoms. The van der Waals surface area contributed by atoms with Gasteiger partial charge < -0.3 is 0 Å². The van der Waals surface area contributed by atoms with Gasteiger partial charge in [-0.3, -0.25) is 0 Å². The fraction of sp³-hybridized carbons (Fsp3) is 0.0526. The van der Waals surface area contributed by atoms with E-state index < -0.39 is 48.1 Å². The number of halogens is 1. The first-order chi connectivity index (χ1) is 13.6. The molecule has 0 unspecified atom stereocenters. The van der Waals surface area contributed by atoms with Crippen LogP contribution >= 0.6 is 11.6 Å². The van der Waals surface area contributed by atoms with Gasteiger partial charge in [-0.2, -0.15) is 0 Å². The van der Waals surface area contributed by atoms with Gasteiger partial charge in [0.05, 0.1) is 14.7 Å². The van der Waals surface area contributed by atoms with Crippen LogP contribution in [0.15, 0.2) is 99.6 Å². The molecule has 29 heavy (non-hydrogen) atoms. The van der Waals surface area contributed by atoms with E-state index in [1.54, 1.807) is 0 Å². The van der Waals surface area contributed by atoms with Crippen molar-refractivity contribution in [3.63, 3.8) is 0 Å². The quantitative estimate of drug-likeness (QED) is 0.547. The van der Waals surface area contributed by atoms with E-state index in [1.165, 1.54) is 48.5 Å². The normalized spacial score (nSPS) is 12.8. The van der Waals surface area contributed by atoms with Crippen LogP contribution in [0.4, 0.5) is 0 Å². The van der Waals surface area contributed by atoms with Crippen LogP contribution in [0.25, 0.3) is 0 Å². The summed E-state index contributed by atoms with van der Waals surface area (Å²) in [6, 6.07) is 17.9. The van der Waals surface area contributed by atoms with Gasteiger partial charge in [-0.15, -0.1) is 0 Å². The lowest BCUT2D eigenvalue weighted by Gasteiger charge is -2.19. The molecule has 0 amide bonds. The largest absolute Gasteiger partial charge is 0.275 e. The van der Waals surface area contributed by atoms with Crippen LogP contribution in [0.3, 0.4) is 0 Å². The molecule has 0 heterocycles. The highest BCUT2D eigenvalue weighted by Crippen LogP contribution is 2.33. The minimum atomic E-state index is -4.86. The predicted molar refractivity (Wildman–Crippen MR) is 110 cm³/mol. The fourth-order valence-corrected chi connectivity index (χ4v) is 11.1. The van der Waals surface area contributed by atoms with Gasteiger partial charge in [0.15, 0.2) is 0 Å². The molecule has 3 rings (SSSR count). The molecule has 0 aliphatic rings. The molecule has 0 aliphatic heterocycles. The van der Waals surface area contributed by atoms with Crippen molar-refractivity contribution >= 4 is 41.1 Å². The maximum absolute atomic E-state index is 13.3. The Morgan fingerprint density at radius 2 is 0.793 bits per heavy atom. The number of benzene rings is 3. The van der Waals surface area contributed by atoms with Crippen LogP contribution < -0.4 is 0 Å². The predicted octanol–water partition coefficient (Wildman–Crippen LogP) is 3.35. The van der Waals surface area contributed by atoms with Crippen molar-refractivity contribution < 1.29 is 25.3 Å². The molecule has 0 saturated heterocycles. The summed E-state index contributed by atoms with van der Waals surface area (Å²) < 4.78 is 76.8. The molecule has 0 spiro atoms. The third kappa shape index (κ3) is 4.09. The molecular formula is C19H15ClO6S3. The highest BCUT2D eigenvalue weighted by Gasteiger charge is 2.50. The monoisotopic (exact) mass is 470 g/mol. The second kappa shape index (κ2) is 7.91. The molecule has 0 radical (unpaired) electrons. The topological polar surface area (TPSA) is 102 Å². The van der Waals surface area contributed by atoms with Crippen molar-refractivity contribution in [1.82, 2.24) is 0 Å². The van der Waals surface area contributed by atoms with Crippen LogP contribution in [0.5, 0.6) is 0 Å². The molecule has 0 aromatic heterocycles. The molecule has 0 atom stereocenters. The minimum Gasteiger partial charge on any atom is -0.221 e. The van der Waals surface area contributed by atoms with Gasteiger partial charge in [-0.05, 0) is 48.5 Å². The van der Waals surface area contributed by atoms with E-state index in [9.17, 15) is 25.3 Å². The molecule has 10 heteroatoms. The zero-order valence-corrected chi connectivity index (χ0v) is 17.9. The molecule has 6 nitrogen and oxygen atoms in total. The van der Waals surface area contributed by atoms with E-state index in [2.05, 4.69) is 0 Å². The van der Waals surface area contributed by atoms with Crippen molar-refractivity contribution in [1.29, 1.82) is 0 Å². The Kier molecular flexibility index (Phi) is 5.86. The molecule has 152 valence electrons. The number of sulfone groups is 3. The van der Waals surface area contributed by atoms with Crippen LogP contribution in [0.2, 0.25) is 5.02 Å². The van der Waals surface area contributed by atoms with Crippen molar-refractivity contribution in [3.05, 3.63) is 90.0 Å². The summed E-state index contributed by atoms with van der Waals surface area (Å²) in [6.07, 6.45) is 0. The standard InChI is InChI=1S/C19H15ClO6S3/c20-15-11-13-18(14-12-15)29(25,26)19(27(21,22)16-7-3-1-4-8-16)28(23,24)17-9-5-2-6-10-17/h1-14,19H. The average Bonchev–Trinajstić information content (AvgIpc) is 2.69. The van der Waals surface area contributed by atoms with E-state index in [4.69, 9.17) is 11.6 Å². The highest BCUT2D eigenvalue weighted by molar-refractivity contribution is 8.24. The minimum absolute atomic E-state index is 0.220. The third-order valence-corrected chi connectivity index (χ3v) is 13.2. The van der Waals surface area contributed by atoms with Gasteiger partial charge >= 0.3 is 0 Å². The first kappa shape index (κ1) is 21.5. The maximum atomic E-state index is 13.3. The SMILES string of the molecule is O=S(=O)(c1ccccc1)C(S(=O)(=O)c1ccccc1)S(=O)(=O)c1ccc(Cl)cc1. The van der Waals surface area contributed by atoms with Crippen molar-refractivity contribution in [2.45, 2.75) is 18.6 Å². The van der Waals surface area contributed by atoms with Gasteiger partial charge in [0, 0.05) is 5.02 Å². The van der Waals surface area contributed by atoms with Crippen LogP contribution in [-0.2, 0) is 29.5 Å². The Balaban J connectivity index is 2.33. The maximum Gasteiger partial charge on any atom is 0.275 e. The molecule has 0 N–H and O–H groups in total. The zero-order valence-electron chi connectivity index (χ0n) is 14.7. The first-order valence-electron chi connectivity index (χ1n) is 8.15. The second-order valence-corrected chi connectivity index (χ2v) is 13.4. The molecular weight excluding hydrogens is 456 g/mol. The number of rotatable bonds is 6. The molecule has 3 aromatic rings. The Bertz CT molecular complexity index is 1250. The Hall–Kier alpha value is -2.20. The van der Waals surface area contributed by atoms with Crippen molar-refractivity contribution in [2.75, 3.05) is 0 Å². The molecule has 0 saturated carbocycles. The lowest BCUT2D eigenvalue weighted by Crippen LogP contribution is -2.38. The molecule has 0 fully saturated rings. The van der Waals surface area contributed by atoms with E-state index >= 15 is 0 Å². The highest BCUT2D eigenvalue weighted by atomic mass is 35.5. The number of hydrogen-bond donors (Lipinski definition) is 0. The van der Waals surface area contributed by atoms with Gasteiger partial charge in [0.25, 0.3) is 3.91 Å². The van der Waals surface area contributed by atoms with Crippen LogP contribution in [-0.4, -0.2) is 29.2 Å². The molecule has 0 aliphatic carbocycles. The third-order valence-electron chi connectivity index (χ3n) is 4.05. The second-order valence-electron chi connectivity index (χ2n) is 6.00. The Labute approximate surface area is 174 Å². The van der Waals surface area contributed by atoms with E-state index in [0.29, 0.717) is 0 Å².